The summed E-state index contributed by atoms with van der Waals surface area (Å²) in [6.07, 6.45) is 0. The number of nitrogens with one attached hydrogen (secondary N) is 1. The van der Waals surface area contributed by atoms with Crippen LogP contribution in [0, 0.1) is 6.92 Å². The van der Waals surface area contributed by atoms with Crippen LogP contribution >= 0.6 is 0 Å². The number of carbonyl (C=O) groups is 1. The van der Waals surface area contributed by atoms with Crippen molar-refractivity contribution in [2.45, 2.75) is 13.8 Å². The van der Waals surface area contributed by atoms with Gasteiger partial charge in [0.1, 0.15) is 17.3 Å². The van der Waals surface area contributed by atoms with Gasteiger partial charge >= 0.3 is 0 Å². The van der Waals surface area contributed by atoms with Crippen LogP contribution in [0.15, 0.2) is 54.6 Å². The number of nitrogens with zero attached hydrogens (tertiary/aromatic N) is 4. The average Bonchev–Trinajstić information content (AvgIpc) is 2.84. The van der Waals surface area contributed by atoms with Crippen LogP contribution in [0.4, 0.5) is 17.5 Å². The lowest BCUT2D eigenvalue weighted by atomic mass is 10.1. The first-order chi connectivity index (χ1) is 16.1. The highest BCUT2D eigenvalue weighted by Gasteiger charge is 2.24. The van der Waals surface area contributed by atoms with Crippen LogP contribution in [0.1, 0.15) is 23.0 Å². The third-order valence-corrected chi connectivity index (χ3v) is 5.47. The number of piperazine rings is 1. The van der Waals surface area contributed by atoms with Crippen LogP contribution in [-0.2, 0) is 0 Å². The molecule has 2 heterocycles. The Hall–Kier alpha value is -3.81. The minimum absolute atomic E-state index is 0.0321. The van der Waals surface area contributed by atoms with E-state index in [1.165, 1.54) is 0 Å². The number of aryl methyl sites for hydroxylation is 1. The zero-order chi connectivity index (χ0) is 23.2. The Bertz CT molecular complexity index is 1080. The lowest BCUT2D eigenvalue weighted by Gasteiger charge is -2.35. The Morgan fingerprint density at radius 2 is 1.64 bits per heavy atom. The molecule has 0 radical (unpaired) electrons. The number of ether oxygens (including phenoxy) is 2. The van der Waals surface area contributed by atoms with Gasteiger partial charge in [0.05, 0.1) is 13.7 Å². The summed E-state index contributed by atoms with van der Waals surface area (Å²) in [6.45, 7) is 7.08. The number of hydrogen-bond donors (Lipinski definition) is 1. The smallest absolute Gasteiger partial charge is 0.253 e. The number of anilines is 3. The van der Waals surface area contributed by atoms with Crippen molar-refractivity contribution < 1.29 is 14.3 Å². The molecule has 1 amide bonds. The predicted molar refractivity (Wildman–Crippen MR) is 129 cm³/mol. The molecule has 0 spiro atoms. The Kier molecular flexibility index (Phi) is 6.92. The van der Waals surface area contributed by atoms with Crippen molar-refractivity contribution >= 4 is 23.4 Å². The van der Waals surface area contributed by atoms with Gasteiger partial charge in [-0.3, -0.25) is 4.79 Å². The van der Waals surface area contributed by atoms with E-state index in [1.54, 1.807) is 7.11 Å². The van der Waals surface area contributed by atoms with Gasteiger partial charge in [-0.1, -0.05) is 0 Å². The van der Waals surface area contributed by atoms with E-state index in [-0.39, 0.29) is 5.91 Å². The molecule has 1 aliphatic heterocycles. The van der Waals surface area contributed by atoms with Crippen LogP contribution < -0.4 is 19.7 Å². The fourth-order valence-electron chi connectivity index (χ4n) is 3.73. The van der Waals surface area contributed by atoms with Crippen LogP contribution in [0.2, 0.25) is 0 Å². The number of aromatic nitrogens is 2. The number of hydrogen-bond acceptors (Lipinski definition) is 7. The molecule has 0 aliphatic carbocycles. The summed E-state index contributed by atoms with van der Waals surface area (Å²) in [4.78, 5) is 26.2. The first kappa shape index (κ1) is 22.4. The van der Waals surface area contributed by atoms with Crippen molar-refractivity contribution in [1.29, 1.82) is 0 Å². The van der Waals surface area contributed by atoms with Gasteiger partial charge in [0.2, 0.25) is 5.95 Å². The second-order valence-electron chi connectivity index (χ2n) is 7.78. The molecule has 3 aromatic rings. The van der Waals surface area contributed by atoms with Gasteiger partial charge in [-0.25, -0.2) is 4.98 Å². The maximum atomic E-state index is 12.9. The number of methoxy groups -OCH3 is 1. The third kappa shape index (κ3) is 5.52. The van der Waals surface area contributed by atoms with E-state index in [0.717, 1.165) is 28.7 Å². The fourth-order valence-corrected chi connectivity index (χ4v) is 3.73. The molecular formula is C25H29N5O3. The van der Waals surface area contributed by atoms with E-state index in [1.807, 2.05) is 73.3 Å². The van der Waals surface area contributed by atoms with Gasteiger partial charge in [0.15, 0.2) is 0 Å². The minimum Gasteiger partial charge on any atom is -0.497 e. The summed E-state index contributed by atoms with van der Waals surface area (Å²) in [5.74, 6) is 3.01. The van der Waals surface area contributed by atoms with Gasteiger partial charge in [0, 0.05) is 49.2 Å². The number of amides is 1. The average molecular weight is 448 g/mol. The molecule has 1 N–H and O–H groups in total. The van der Waals surface area contributed by atoms with Crippen molar-refractivity contribution in [3.63, 3.8) is 0 Å². The maximum absolute atomic E-state index is 12.9. The van der Waals surface area contributed by atoms with Crippen molar-refractivity contribution in [2.24, 2.45) is 0 Å². The summed E-state index contributed by atoms with van der Waals surface area (Å²) < 4.78 is 10.7. The second-order valence-corrected chi connectivity index (χ2v) is 7.78. The van der Waals surface area contributed by atoms with Crippen LogP contribution in [0.25, 0.3) is 0 Å². The second kappa shape index (κ2) is 10.2. The molecular weight excluding hydrogens is 418 g/mol. The highest BCUT2D eigenvalue weighted by molar-refractivity contribution is 5.94. The summed E-state index contributed by atoms with van der Waals surface area (Å²) in [6, 6.07) is 16.9. The van der Waals surface area contributed by atoms with Crippen LogP contribution in [0.5, 0.6) is 11.5 Å². The maximum Gasteiger partial charge on any atom is 0.253 e. The van der Waals surface area contributed by atoms with Crippen molar-refractivity contribution in [1.82, 2.24) is 14.9 Å². The van der Waals surface area contributed by atoms with E-state index in [0.29, 0.717) is 44.3 Å². The third-order valence-electron chi connectivity index (χ3n) is 5.47. The highest BCUT2D eigenvalue weighted by Crippen LogP contribution is 2.22. The molecule has 8 heteroatoms. The molecule has 4 rings (SSSR count). The quantitative estimate of drug-likeness (QED) is 0.588. The number of rotatable bonds is 7. The molecule has 8 nitrogen and oxygen atoms in total. The summed E-state index contributed by atoms with van der Waals surface area (Å²) in [5, 5.41) is 3.33. The van der Waals surface area contributed by atoms with Gasteiger partial charge in [-0.2, -0.15) is 4.98 Å². The number of carbonyl (C=O) groups excluding carboxylic acids is 1. The van der Waals surface area contributed by atoms with Crippen molar-refractivity contribution in [3.8, 4) is 11.5 Å². The van der Waals surface area contributed by atoms with Gasteiger partial charge in [-0.05, 0) is 62.4 Å². The molecule has 1 saturated heterocycles. The Balaban J connectivity index is 1.39. The molecule has 1 aromatic heterocycles. The van der Waals surface area contributed by atoms with E-state index >= 15 is 0 Å². The molecule has 33 heavy (non-hydrogen) atoms. The topological polar surface area (TPSA) is 79.8 Å². The zero-order valence-electron chi connectivity index (χ0n) is 19.2. The molecule has 1 aliphatic rings. The molecule has 0 saturated carbocycles. The Labute approximate surface area is 194 Å². The zero-order valence-corrected chi connectivity index (χ0v) is 19.2. The molecule has 0 unspecified atom stereocenters. The van der Waals surface area contributed by atoms with Crippen molar-refractivity contribution in [2.75, 3.05) is 50.1 Å². The monoisotopic (exact) mass is 447 g/mol. The lowest BCUT2D eigenvalue weighted by molar-refractivity contribution is 0.0746. The van der Waals surface area contributed by atoms with Gasteiger partial charge in [-0.15, -0.1) is 0 Å². The fraction of sp³-hybridized carbons (Fsp3) is 0.320. The predicted octanol–water partition coefficient (Wildman–Crippen LogP) is 3.90. The largest absolute Gasteiger partial charge is 0.497 e. The number of benzene rings is 2. The summed E-state index contributed by atoms with van der Waals surface area (Å²) in [7, 11) is 1.65. The summed E-state index contributed by atoms with van der Waals surface area (Å²) >= 11 is 0. The van der Waals surface area contributed by atoms with Crippen molar-refractivity contribution in [3.05, 3.63) is 65.9 Å². The molecule has 2 aromatic carbocycles. The summed E-state index contributed by atoms with van der Waals surface area (Å²) in [5.41, 5.74) is 2.47. The SMILES string of the molecule is CCOc1ccc(C(=O)N2CCN(c3nc(C)cc(Nc4ccc(OC)cc4)n3)CC2)cc1. The molecule has 0 atom stereocenters. The van der Waals surface area contributed by atoms with E-state index < -0.39 is 0 Å². The first-order valence-electron chi connectivity index (χ1n) is 11.1. The van der Waals surface area contributed by atoms with Crippen LogP contribution in [0.3, 0.4) is 0 Å². The molecule has 1 fully saturated rings. The first-order valence-corrected chi connectivity index (χ1v) is 11.1. The lowest BCUT2D eigenvalue weighted by Crippen LogP contribution is -2.49. The van der Waals surface area contributed by atoms with Gasteiger partial charge < -0.3 is 24.6 Å². The van der Waals surface area contributed by atoms with E-state index in [9.17, 15) is 4.79 Å². The Morgan fingerprint density at radius 3 is 2.27 bits per heavy atom. The van der Waals surface area contributed by atoms with Gasteiger partial charge in [0.25, 0.3) is 5.91 Å². The van der Waals surface area contributed by atoms with E-state index in [4.69, 9.17) is 14.5 Å². The Morgan fingerprint density at radius 1 is 0.970 bits per heavy atom. The normalized spacial score (nSPS) is 13.5. The van der Waals surface area contributed by atoms with E-state index in [2.05, 4.69) is 15.2 Å². The molecule has 172 valence electrons. The molecule has 0 bridgehead atoms. The minimum atomic E-state index is 0.0321. The highest BCUT2D eigenvalue weighted by atomic mass is 16.5. The standard InChI is InChI=1S/C25H29N5O3/c1-4-33-22-9-5-19(6-10-22)24(31)29-13-15-30(16-14-29)25-26-18(2)17-23(28-25)27-20-7-11-21(32-3)12-8-20/h5-12,17H,4,13-16H2,1-3H3,(H,26,27,28). The van der Waals surface area contributed by atoms with Crippen LogP contribution in [-0.4, -0.2) is 60.7 Å².